The maximum absolute atomic E-state index is 5.16. The minimum atomic E-state index is -1.49. The number of fused-ring (bicyclic) bond motifs is 3. The highest BCUT2D eigenvalue weighted by Gasteiger charge is 2.42. The molecule has 0 saturated heterocycles. The largest absolute Gasteiger partial charge is 0.208 e. The number of rotatable bonds is 9. The van der Waals surface area contributed by atoms with Crippen LogP contribution in [0.4, 0.5) is 0 Å². The standard InChI is InChI=1S/C53H47N3Si/c1-6-53(7-2)48-35-44(57(3,4)5)31-32-46(48)47-26-16-25-45(49(47)53)38-27-29-39(30-28-38)50-54-51(42-23-14-21-40(33-42)36-17-10-8-11-18-36)56-52(55-50)43-24-15-22-41(34-43)37-19-12-9-13-20-37/h8-35H,6-7H2,1-5H3. The molecular weight excluding hydrogens is 707 g/mol. The van der Waals surface area contributed by atoms with Gasteiger partial charge in [0.15, 0.2) is 17.5 Å². The second kappa shape index (κ2) is 14.7. The highest BCUT2D eigenvalue weighted by Crippen LogP contribution is 2.55. The number of aromatic nitrogens is 3. The first kappa shape index (κ1) is 36.4. The van der Waals surface area contributed by atoms with Crippen LogP contribution in [-0.4, -0.2) is 23.0 Å². The van der Waals surface area contributed by atoms with Gasteiger partial charge in [-0.1, -0.05) is 196 Å². The monoisotopic (exact) mass is 753 g/mol. The molecule has 8 aromatic rings. The molecule has 0 atom stereocenters. The summed E-state index contributed by atoms with van der Waals surface area (Å²) >= 11 is 0. The third kappa shape index (κ3) is 6.64. The van der Waals surface area contributed by atoms with Crippen molar-refractivity contribution in [2.24, 2.45) is 0 Å². The summed E-state index contributed by atoms with van der Waals surface area (Å²) in [5, 5.41) is 1.53. The van der Waals surface area contributed by atoms with Gasteiger partial charge in [0.2, 0.25) is 0 Å². The molecule has 0 radical (unpaired) electrons. The molecule has 0 bridgehead atoms. The summed E-state index contributed by atoms with van der Waals surface area (Å²) in [6.45, 7) is 12.1. The molecule has 57 heavy (non-hydrogen) atoms. The van der Waals surface area contributed by atoms with Crippen LogP contribution in [-0.2, 0) is 5.41 Å². The topological polar surface area (TPSA) is 38.7 Å². The third-order valence-corrected chi connectivity index (χ3v) is 14.0. The Morgan fingerprint density at radius 2 is 0.842 bits per heavy atom. The molecule has 0 spiro atoms. The number of benzene rings is 7. The Morgan fingerprint density at radius 3 is 1.37 bits per heavy atom. The van der Waals surface area contributed by atoms with Gasteiger partial charge in [-0.15, -0.1) is 0 Å². The van der Waals surface area contributed by atoms with Gasteiger partial charge in [-0.25, -0.2) is 15.0 Å². The first-order valence-corrected chi connectivity index (χ1v) is 23.7. The van der Waals surface area contributed by atoms with Crippen LogP contribution < -0.4 is 5.19 Å². The third-order valence-electron chi connectivity index (χ3n) is 12.0. The van der Waals surface area contributed by atoms with Crippen molar-refractivity contribution < 1.29 is 0 Å². The molecule has 278 valence electrons. The van der Waals surface area contributed by atoms with Crippen LogP contribution >= 0.6 is 0 Å². The van der Waals surface area contributed by atoms with Gasteiger partial charge >= 0.3 is 0 Å². The van der Waals surface area contributed by atoms with Gasteiger partial charge in [-0.2, -0.15) is 0 Å². The van der Waals surface area contributed by atoms with E-state index in [4.69, 9.17) is 15.0 Å². The van der Waals surface area contributed by atoms with E-state index < -0.39 is 8.07 Å². The Hall–Kier alpha value is -6.23. The summed E-state index contributed by atoms with van der Waals surface area (Å²) in [6.07, 6.45) is 2.11. The molecule has 0 aliphatic heterocycles. The lowest BCUT2D eigenvalue weighted by molar-refractivity contribution is 0.492. The van der Waals surface area contributed by atoms with Crippen LogP contribution in [0, 0.1) is 0 Å². The molecule has 1 aromatic heterocycles. The number of hydrogen-bond donors (Lipinski definition) is 0. The Balaban J connectivity index is 1.15. The number of hydrogen-bond acceptors (Lipinski definition) is 3. The molecule has 9 rings (SSSR count). The smallest absolute Gasteiger partial charge is 0.164 e. The average molecular weight is 754 g/mol. The summed E-state index contributed by atoms with van der Waals surface area (Å²) in [5.74, 6) is 1.95. The van der Waals surface area contributed by atoms with E-state index in [1.807, 2.05) is 12.1 Å². The normalized spacial score (nSPS) is 12.9. The molecule has 1 aliphatic rings. The van der Waals surface area contributed by atoms with Gasteiger partial charge in [0.05, 0.1) is 8.07 Å². The number of nitrogens with zero attached hydrogens (tertiary/aromatic N) is 3. The molecule has 0 fully saturated rings. The van der Waals surface area contributed by atoms with Crippen LogP contribution in [0.3, 0.4) is 0 Å². The van der Waals surface area contributed by atoms with Crippen LogP contribution in [0.15, 0.2) is 170 Å². The predicted octanol–water partition coefficient (Wildman–Crippen LogP) is 13.5. The van der Waals surface area contributed by atoms with Gasteiger partial charge < -0.3 is 0 Å². The molecule has 0 N–H and O–H groups in total. The fraction of sp³-hybridized carbons (Fsp3) is 0.151. The SMILES string of the molecule is CCC1(CC)c2cc([Si](C)(C)C)ccc2-c2cccc(-c3ccc(-c4nc(-c5cccc(-c6ccccc6)c5)nc(-c5cccc(-c6ccccc6)c5)n4)cc3)c21. The summed E-state index contributed by atoms with van der Waals surface area (Å²) in [4.78, 5) is 15.5. The van der Waals surface area contributed by atoms with Crippen molar-refractivity contribution in [2.75, 3.05) is 0 Å². The molecule has 3 nitrogen and oxygen atoms in total. The maximum atomic E-state index is 5.16. The molecule has 7 aromatic carbocycles. The predicted molar refractivity (Wildman–Crippen MR) is 242 cm³/mol. The zero-order valence-electron chi connectivity index (χ0n) is 33.4. The van der Waals surface area contributed by atoms with Crippen molar-refractivity contribution in [2.45, 2.75) is 51.7 Å². The molecule has 1 aliphatic carbocycles. The van der Waals surface area contributed by atoms with E-state index in [1.54, 1.807) is 0 Å². The maximum Gasteiger partial charge on any atom is 0.164 e. The highest BCUT2D eigenvalue weighted by molar-refractivity contribution is 6.88. The van der Waals surface area contributed by atoms with Gasteiger partial charge in [0.1, 0.15) is 0 Å². The summed E-state index contributed by atoms with van der Waals surface area (Å²) in [7, 11) is -1.49. The van der Waals surface area contributed by atoms with E-state index >= 15 is 0 Å². The quantitative estimate of drug-likeness (QED) is 0.138. The van der Waals surface area contributed by atoms with Crippen LogP contribution in [0.25, 0.3) is 78.7 Å². The molecule has 4 heteroatoms. The zero-order valence-corrected chi connectivity index (χ0v) is 34.4. The van der Waals surface area contributed by atoms with E-state index in [0.29, 0.717) is 17.5 Å². The lowest BCUT2D eigenvalue weighted by Gasteiger charge is -2.32. The second-order valence-electron chi connectivity index (χ2n) is 16.3. The first-order chi connectivity index (χ1) is 27.8. The molecule has 0 unspecified atom stereocenters. The second-order valence-corrected chi connectivity index (χ2v) is 21.4. The van der Waals surface area contributed by atoms with Crippen molar-refractivity contribution in [3.05, 3.63) is 181 Å². The summed E-state index contributed by atoms with van der Waals surface area (Å²) < 4.78 is 0. The Kier molecular flexibility index (Phi) is 9.38. The lowest BCUT2D eigenvalue weighted by Crippen LogP contribution is -2.38. The van der Waals surface area contributed by atoms with Crippen molar-refractivity contribution in [1.82, 2.24) is 15.0 Å². The van der Waals surface area contributed by atoms with Gasteiger partial charge in [0, 0.05) is 22.1 Å². The van der Waals surface area contributed by atoms with Crippen molar-refractivity contribution >= 4 is 13.3 Å². The first-order valence-electron chi connectivity index (χ1n) is 20.2. The zero-order chi connectivity index (χ0) is 39.1. The van der Waals surface area contributed by atoms with E-state index in [0.717, 1.165) is 51.8 Å². The van der Waals surface area contributed by atoms with Crippen molar-refractivity contribution in [3.63, 3.8) is 0 Å². The van der Waals surface area contributed by atoms with Crippen LogP contribution in [0.2, 0.25) is 19.6 Å². The fourth-order valence-corrected chi connectivity index (χ4v) is 9.95. The van der Waals surface area contributed by atoms with Gasteiger partial charge in [0.25, 0.3) is 0 Å². The lowest BCUT2D eigenvalue weighted by atomic mass is 9.71. The van der Waals surface area contributed by atoms with Gasteiger partial charge in [-0.05, 0) is 80.6 Å². The highest BCUT2D eigenvalue weighted by atomic mass is 28.3. The van der Waals surface area contributed by atoms with Gasteiger partial charge in [-0.3, -0.25) is 0 Å². The molecular formula is C53H47N3Si. The minimum absolute atomic E-state index is 0.0316. The summed E-state index contributed by atoms with van der Waals surface area (Å²) in [5.41, 5.74) is 15.6. The fourth-order valence-electron chi connectivity index (χ4n) is 8.79. The molecule has 0 amide bonds. The van der Waals surface area contributed by atoms with Crippen molar-refractivity contribution in [1.29, 1.82) is 0 Å². The Morgan fingerprint density at radius 1 is 0.386 bits per heavy atom. The van der Waals surface area contributed by atoms with Crippen molar-refractivity contribution in [3.8, 4) is 78.7 Å². The Labute approximate surface area is 338 Å². The van der Waals surface area contributed by atoms with E-state index in [-0.39, 0.29) is 5.41 Å². The van der Waals surface area contributed by atoms with E-state index in [1.165, 1.54) is 38.6 Å². The average Bonchev–Trinajstić information content (AvgIpc) is 3.56. The molecule has 0 saturated carbocycles. The minimum Gasteiger partial charge on any atom is -0.208 e. The van der Waals surface area contributed by atoms with E-state index in [2.05, 4.69) is 191 Å². The summed E-state index contributed by atoms with van der Waals surface area (Å²) in [6, 6.07) is 61.0. The van der Waals surface area contributed by atoms with Crippen LogP contribution in [0.1, 0.15) is 37.8 Å². The van der Waals surface area contributed by atoms with E-state index in [9.17, 15) is 0 Å². The molecule has 1 heterocycles. The Bertz CT molecular complexity index is 2630. The van der Waals surface area contributed by atoms with Crippen LogP contribution in [0.5, 0.6) is 0 Å².